The van der Waals surface area contributed by atoms with Crippen LogP contribution in [0.4, 0.5) is 21.5 Å². The van der Waals surface area contributed by atoms with Gasteiger partial charge in [-0.1, -0.05) is 46.9 Å². The average Bonchev–Trinajstić information content (AvgIpc) is 2.18. The van der Waals surface area contributed by atoms with Gasteiger partial charge < -0.3 is 69.6 Å². The Labute approximate surface area is 585 Å². The van der Waals surface area contributed by atoms with E-state index in [1.807, 2.05) is 53.7 Å². The van der Waals surface area contributed by atoms with Gasteiger partial charge in [0, 0.05) is 0 Å². The summed E-state index contributed by atoms with van der Waals surface area (Å²) in [6.45, 7) is 34.8. The Morgan fingerprint density at radius 1 is 0.714 bits per heavy atom. The number of aliphatic hydroxyl groups excluding tert-OH is 1. The first-order valence-electron chi connectivity index (χ1n) is 24.3. The Morgan fingerprint density at radius 2 is 1.13 bits per heavy atom. The second-order valence-electron chi connectivity index (χ2n) is 16.2. The minimum atomic E-state index is -1.00. The normalized spacial score (nSPS) is 10.8. The van der Waals surface area contributed by atoms with Crippen LogP contribution in [-0.2, 0) is 46.4 Å². The van der Waals surface area contributed by atoms with Crippen LogP contribution in [0, 0.1) is 53.7 Å². The fraction of sp³-hybridized carbons (Fsp3) is 0.346. The number of nitrogens with zero attached hydrogens (tertiary/aromatic N) is 9. The molecule has 0 saturated carbocycles. The molecule has 2 aliphatic heterocycles. The molecule has 5 heterocycles. The van der Waals surface area contributed by atoms with Crippen LogP contribution >= 0.6 is 34.8 Å². The summed E-state index contributed by atoms with van der Waals surface area (Å²) in [5, 5.41) is 71.3. The Balaban J connectivity index is -0.00000103. The van der Waals surface area contributed by atoms with Crippen molar-refractivity contribution in [3.05, 3.63) is 132 Å². The van der Waals surface area contributed by atoms with E-state index in [-0.39, 0.29) is 224 Å². The smallest absolute Gasteiger partial charge is 1.00 e. The SMILES string of the molecule is CC(C)OCCO.O=CO[O-].OB1OCc2cc(O)ccc21.[2H]CF.[C-]#[N+]c1cc(C#N)c(Cl)nc1Cl.[C-]#[N+]c1cc(C#N)c(Cl)nc1OCCOC(C)C.[C-]#[N+]c1cc(C#N)c(Oc2ccc3c(c2)COB3O)nc1OCCOC(C)C.[Cs+].[H-].[Na+]. The van der Waals surface area contributed by atoms with Gasteiger partial charge in [-0.15, -0.1) is 0 Å². The van der Waals surface area contributed by atoms with Crippen molar-refractivity contribution in [1.82, 2.24) is 15.0 Å². The molecule has 0 spiro atoms. The summed E-state index contributed by atoms with van der Waals surface area (Å²) in [4.78, 5) is 32.6. The third-order valence-corrected chi connectivity index (χ3v) is 10.3. The van der Waals surface area contributed by atoms with Gasteiger partial charge in [-0.2, -0.15) is 20.8 Å². The van der Waals surface area contributed by atoms with Gasteiger partial charge in [-0.3, -0.25) is 9.18 Å². The average molecular weight is 1350 g/mol. The summed E-state index contributed by atoms with van der Waals surface area (Å²) in [5.41, 5.74) is 3.95. The third kappa shape index (κ3) is 30.0. The summed E-state index contributed by atoms with van der Waals surface area (Å²) < 4.78 is 57.9. The van der Waals surface area contributed by atoms with Crippen LogP contribution in [0.2, 0.25) is 15.5 Å². The Hall–Kier alpha value is -4.88. The molecule has 4 N–H and O–H groups in total. The summed E-state index contributed by atoms with van der Waals surface area (Å²) in [7, 11) is -2.76. The third-order valence-electron chi connectivity index (χ3n) is 9.40. The molecule has 0 atom stereocenters. The quantitative estimate of drug-likeness (QED) is 0.0205. The molecule has 0 bridgehead atoms. The fourth-order valence-corrected chi connectivity index (χ4v) is 6.47. The van der Waals surface area contributed by atoms with Gasteiger partial charge in [0.05, 0.1) is 97.3 Å². The molecule has 0 amide bonds. The van der Waals surface area contributed by atoms with Crippen molar-refractivity contribution in [1.29, 1.82) is 15.8 Å². The number of benzene rings is 2. The maximum Gasteiger partial charge on any atom is 1.00 e. The number of aliphatic hydroxyl groups is 1. The van der Waals surface area contributed by atoms with Crippen molar-refractivity contribution >= 4 is 83.5 Å². The topological polar surface area (TPSA) is 327 Å². The molecule has 0 unspecified atom stereocenters. The molecule has 84 heavy (non-hydrogen) atoms. The predicted molar refractivity (Wildman–Crippen MR) is 297 cm³/mol. The largest absolute Gasteiger partial charge is 1.00 e. The van der Waals surface area contributed by atoms with E-state index in [1.54, 1.807) is 36.4 Å². The van der Waals surface area contributed by atoms with E-state index in [0.29, 0.717) is 37.6 Å². The number of pyridine rings is 3. The number of hydrogen-bond acceptors (Lipinski definition) is 21. The van der Waals surface area contributed by atoms with Gasteiger partial charge in [0.15, 0.2) is 0 Å². The number of nitriles is 3. The number of alkyl halides is 1. The van der Waals surface area contributed by atoms with E-state index < -0.39 is 21.4 Å². The van der Waals surface area contributed by atoms with Crippen molar-refractivity contribution in [2.45, 2.75) is 73.1 Å². The summed E-state index contributed by atoms with van der Waals surface area (Å²) in [5.74, 6) is 0.887. The Bertz CT molecular complexity index is 3110. The first-order chi connectivity index (χ1) is 39.6. The molecule has 2 aliphatic rings. The van der Waals surface area contributed by atoms with Gasteiger partial charge in [-0.05, 0) is 106 Å². The zero-order chi connectivity index (χ0) is 62.4. The number of halogens is 4. The van der Waals surface area contributed by atoms with Crippen LogP contribution in [0.3, 0.4) is 0 Å². The molecule has 0 aliphatic carbocycles. The Kier molecular flexibility index (Phi) is 43.7. The summed E-state index contributed by atoms with van der Waals surface area (Å²) in [6.07, 6.45) is 0.428. The van der Waals surface area contributed by atoms with Crippen LogP contribution in [0.25, 0.3) is 14.5 Å². The molecule has 24 nitrogen and oxygen atoms in total. The predicted octanol–water partition coefficient (Wildman–Crippen LogP) is 1.24. The van der Waals surface area contributed by atoms with E-state index in [4.69, 9.17) is 129 Å². The summed E-state index contributed by atoms with van der Waals surface area (Å²) in [6, 6.07) is 19.6. The number of carbonyl (C=O) groups is 1. The maximum atomic E-state index is 9.96. The van der Waals surface area contributed by atoms with Crippen LogP contribution in [0.1, 0.15) is 72.2 Å². The van der Waals surface area contributed by atoms with Crippen LogP contribution in [0.5, 0.6) is 29.1 Å². The molecule has 32 heteroatoms. The number of phenolic OH excluding ortho intramolecular Hbond substituents is 1. The number of aromatic nitrogens is 3. The van der Waals surface area contributed by atoms with E-state index in [1.165, 1.54) is 24.3 Å². The van der Waals surface area contributed by atoms with E-state index in [0.717, 1.165) is 16.6 Å². The first kappa shape index (κ1) is 79.1. The molecule has 7 rings (SSSR count). The molecule has 0 radical (unpaired) electrons. The zero-order valence-electron chi connectivity index (χ0n) is 48.8. The van der Waals surface area contributed by atoms with Gasteiger partial charge in [0.1, 0.15) is 63.9 Å². The van der Waals surface area contributed by atoms with Crippen molar-refractivity contribution in [2.24, 2.45) is 0 Å². The van der Waals surface area contributed by atoms with E-state index in [9.17, 15) is 14.7 Å². The Morgan fingerprint density at radius 3 is 1.56 bits per heavy atom. The minimum absolute atomic E-state index is 0. The van der Waals surface area contributed by atoms with Gasteiger partial charge in [-0.25, -0.2) is 24.5 Å². The second kappa shape index (κ2) is 46.4. The molecule has 0 fully saturated rings. The van der Waals surface area contributed by atoms with Crippen LogP contribution < -0.4 is 129 Å². The van der Waals surface area contributed by atoms with Crippen LogP contribution in [0.15, 0.2) is 54.6 Å². The van der Waals surface area contributed by atoms with Crippen molar-refractivity contribution in [3.63, 3.8) is 0 Å². The van der Waals surface area contributed by atoms with E-state index >= 15 is 0 Å². The first-order valence-corrected chi connectivity index (χ1v) is 24.7. The number of fused-ring (bicyclic) bond motifs is 2. The number of ether oxygens (including phenoxy) is 6. The number of hydrogen-bond donors (Lipinski definition) is 4. The maximum absolute atomic E-state index is 9.96. The molecule has 0 saturated heterocycles. The molecular weight excluding hydrogens is 1290 g/mol. The molecule has 434 valence electrons. The number of phenols is 1. The standard InChI is InChI=1S/C19H18BN3O5.C12H12ClN3O2.C7H7BO3.C7HCl2N3.C5H12O2.CH3F.CH2O3.Cs.Na.H/c1-12(2)25-6-7-26-19-17(22-3)9-13(10-21)18(23-19)28-15-4-5-16-14(8-15)11-27-20(16)24;1-8(2)17-4-5-18-12-10(15-3)6-9(7-14)11(13)16-12;9-6-1-2-7-5(3-6)4-11-8(7)10;1-11-5-2-4(3-10)6(8)12-7(5)9;1-5(2)7-4-3-6;1-2;2-1-4-3;;;/h4-5,8-9,12,24H,6-7,11H2,1-2H3;6,8H,4-5H2,1-2H3;1-3,9-10H,4H2;2H;5-6H,3-4H2,1-2H3;1H3;1,3H;;;/q;;;;;;;2*+1;-1/p-1/i;;;;;1D;;;;. The minimum Gasteiger partial charge on any atom is -1.00 e. The van der Waals surface area contributed by atoms with Gasteiger partial charge in [0.25, 0.3) is 6.47 Å². The monoisotopic (exact) mass is 1350 g/mol. The number of rotatable bonds is 16. The zero-order valence-corrected chi connectivity index (χ0v) is 57.4. The molecule has 3 aromatic heterocycles. The van der Waals surface area contributed by atoms with Crippen molar-refractivity contribution < 1.29 is 179 Å². The van der Waals surface area contributed by atoms with Crippen molar-refractivity contribution in [2.75, 3.05) is 46.8 Å². The number of aromatic hydroxyl groups is 1. The van der Waals surface area contributed by atoms with Gasteiger partial charge >= 0.3 is 113 Å². The second-order valence-corrected chi connectivity index (χ2v) is 17.2. The van der Waals surface area contributed by atoms with Crippen molar-refractivity contribution in [3.8, 4) is 47.3 Å². The molecular formula is C52H55B2Cl3CsFN9NaO15. The summed E-state index contributed by atoms with van der Waals surface area (Å²) >= 11 is 16.9. The van der Waals surface area contributed by atoms with Gasteiger partial charge in [0.2, 0.25) is 34.7 Å². The fourth-order valence-electron chi connectivity index (χ4n) is 5.89. The molecule has 2 aromatic carbocycles. The number of carbonyl (C=O) groups excluding carboxylic acids is 1. The molecule has 5 aromatic rings. The van der Waals surface area contributed by atoms with E-state index in [2.05, 4.69) is 34.4 Å². The van der Waals surface area contributed by atoms with Crippen LogP contribution in [-0.4, -0.2) is 121 Å².